The highest BCUT2D eigenvalue weighted by atomic mass is 31.1. The topological polar surface area (TPSA) is 172 Å². The summed E-state index contributed by atoms with van der Waals surface area (Å²) in [6.07, 6.45) is -0.431. The minimum Gasteiger partial charge on any atom is -0.382 e. The predicted molar refractivity (Wildman–Crippen MR) is 73.5 cm³/mol. The molecular weight excluding hydrogens is 315 g/mol. The van der Waals surface area contributed by atoms with E-state index in [0.29, 0.717) is 11.2 Å². The van der Waals surface area contributed by atoms with Crippen molar-refractivity contribution in [2.75, 3.05) is 18.1 Å². The summed E-state index contributed by atoms with van der Waals surface area (Å²) in [5.41, 5.74) is 9.51. The van der Waals surface area contributed by atoms with E-state index in [0.717, 1.165) is 0 Å². The zero-order valence-corrected chi connectivity index (χ0v) is 12.1. The molecule has 0 radical (unpaired) electrons. The van der Waals surface area contributed by atoms with Gasteiger partial charge in [-0.2, -0.15) is 9.97 Å². The van der Waals surface area contributed by atoms with Crippen molar-refractivity contribution in [1.82, 2.24) is 19.5 Å². The Kier molecular flexibility index (Phi) is 3.67. The van der Waals surface area contributed by atoms with E-state index >= 15 is 0 Å². The van der Waals surface area contributed by atoms with Gasteiger partial charge in [-0.25, -0.2) is 4.98 Å². The van der Waals surface area contributed by atoms with E-state index in [1.807, 2.05) is 0 Å². The van der Waals surface area contributed by atoms with Crippen LogP contribution in [0.2, 0.25) is 0 Å². The predicted octanol–water partition coefficient (Wildman–Crippen LogP) is -1.34. The Morgan fingerprint density at radius 3 is 2.95 bits per heavy atom. The second-order valence-electron chi connectivity index (χ2n) is 4.74. The number of hydrogen-bond acceptors (Lipinski definition) is 10. The number of fused-ring (bicyclic) bond motifs is 1. The first-order chi connectivity index (χ1) is 10.4. The molecule has 0 aromatic carbocycles. The van der Waals surface area contributed by atoms with Crippen molar-refractivity contribution in [3.63, 3.8) is 0 Å². The number of aromatic nitrogens is 4. The normalized spacial score (nSPS) is 22.6. The number of nitrogens with zero attached hydrogens (tertiary/aromatic N) is 4. The molecule has 118 valence electrons. The molecule has 1 aliphatic heterocycles. The summed E-state index contributed by atoms with van der Waals surface area (Å²) in [4.78, 5) is 12.0. The highest BCUT2D eigenvalue weighted by Crippen LogP contribution is 2.29. The van der Waals surface area contributed by atoms with Gasteiger partial charge in [-0.3, -0.25) is 4.57 Å². The van der Waals surface area contributed by atoms with E-state index in [1.165, 1.54) is 6.33 Å². The first kappa shape index (κ1) is 15.0. The maximum Gasteiger partial charge on any atom is 0.299 e. The minimum atomic E-state index is -2.59. The summed E-state index contributed by atoms with van der Waals surface area (Å²) in [6, 6.07) is 0. The number of imidazole rings is 1. The zero-order chi connectivity index (χ0) is 15.9. The molecule has 3 rings (SSSR count). The van der Waals surface area contributed by atoms with E-state index in [-0.39, 0.29) is 24.9 Å². The van der Waals surface area contributed by atoms with Crippen molar-refractivity contribution in [3.8, 4) is 0 Å². The fourth-order valence-corrected chi connectivity index (χ4v) is 2.35. The Morgan fingerprint density at radius 2 is 2.23 bits per heavy atom. The van der Waals surface area contributed by atoms with Gasteiger partial charge < -0.3 is 35.7 Å². The molecule has 0 bridgehead atoms. The maximum absolute atomic E-state index is 10.7. The Morgan fingerprint density at radius 1 is 1.45 bits per heavy atom. The van der Waals surface area contributed by atoms with E-state index in [4.69, 9.17) is 20.9 Å². The van der Waals surface area contributed by atoms with E-state index < -0.39 is 26.4 Å². The van der Waals surface area contributed by atoms with Gasteiger partial charge in [-0.05, 0) is 0 Å². The fourth-order valence-electron chi connectivity index (χ4n) is 2.13. The maximum atomic E-state index is 10.7. The quantitative estimate of drug-likeness (QED) is 0.389. The molecule has 0 amide bonds. The summed E-state index contributed by atoms with van der Waals surface area (Å²) in [6.45, 7) is 0.341. The van der Waals surface area contributed by atoms with Gasteiger partial charge in [-0.15, -0.1) is 0 Å². The van der Waals surface area contributed by atoms with Gasteiger partial charge in [0, 0.05) is 0 Å². The molecule has 0 saturated carbocycles. The largest absolute Gasteiger partial charge is 0.382 e. The molecule has 2 aromatic heterocycles. The van der Waals surface area contributed by atoms with E-state index in [1.54, 1.807) is 4.57 Å². The van der Waals surface area contributed by atoms with Crippen LogP contribution in [0.4, 0.5) is 11.8 Å². The van der Waals surface area contributed by atoms with Crippen LogP contribution in [0, 0.1) is 0 Å². The van der Waals surface area contributed by atoms with Crippen LogP contribution in [0.5, 0.6) is 0 Å². The second-order valence-corrected chi connectivity index (χ2v) is 5.58. The van der Waals surface area contributed by atoms with Gasteiger partial charge >= 0.3 is 0 Å². The molecule has 0 spiro atoms. The summed E-state index contributed by atoms with van der Waals surface area (Å²) >= 11 is 0. The third-order valence-electron chi connectivity index (χ3n) is 3.11. The first-order valence-electron chi connectivity index (χ1n) is 6.21. The van der Waals surface area contributed by atoms with Crippen molar-refractivity contribution in [3.05, 3.63) is 6.33 Å². The van der Waals surface area contributed by atoms with Gasteiger partial charge in [0.05, 0.1) is 19.5 Å². The van der Waals surface area contributed by atoms with Crippen molar-refractivity contribution in [1.29, 1.82) is 0 Å². The van der Waals surface area contributed by atoms with Crippen molar-refractivity contribution < 1.29 is 24.3 Å². The van der Waals surface area contributed by atoms with Crippen LogP contribution in [0.3, 0.4) is 0 Å². The van der Waals surface area contributed by atoms with Gasteiger partial charge in [0.25, 0.3) is 5.53 Å². The number of nitrogen functional groups attached to an aromatic ring is 2. The highest BCUT2D eigenvalue weighted by molar-refractivity contribution is 7.25. The standard InChI is InChI=1S/C10H13N6O5P/c11-6-5-7(15-9(12)14-6)16(3-13-5)1-4-2-20-8(21-4)10(17,18)22-19/h3-4,8,17-18H,1-2H2,(H4,11,12,14,15)/t4-,8+/m1/s1. The molecule has 1 fully saturated rings. The molecular formula is C10H13N6O5P. The lowest BCUT2D eigenvalue weighted by molar-refractivity contribution is -0.237. The average Bonchev–Trinajstić information content (AvgIpc) is 3.08. The Bertz CT molecular complexity index is 721. The third kappa shape index (κ3) is 2.60. The average molecular weight is 328 g/mol. The number of rotatable bonds is 4. The van der Waals surface area contributed by atoms with Crippen molar-refractivity contribution in [2.24, 2.45) is 0 Å². The molecule has 2 atom stereocenters. The third-order valence-corrected chi connectivity index (χ3v) is 3.59. The first-order valence-corrected chi connectivity index (χ1v) is 7.02. The zero-order valence-electron chi connectivity index (χ0n) is 11.2. The number of hydrogen-bond donors (Lipinski definition) is 4. The van der Waals surface area contributed by atoms with Crippen molar-refractivity contribution >= 4 is 31.4 Å². The van der Waals surface area contributed by atoms with Crippen LogP contribution >= 0.6 is 8.46 Å². The highest BCUT2D eigenvalue weighted by Gasteiger charge is 2.44. The molecule has 12 heteroatoms. The van der Waals surface area contributed by atoms with Crippen LogP contribution in [0.25, 0.3) is 11.2 Å². The van der Waals surface area contributed by atoms with Crippen LogP contribution in [-0.4, -0.2) is 54.3 Å². The number of nitrogens with two attached hydrogens (primary N) is 2. The van der Waals surface area contributed by atoms with E-state index in [9.17, 15) is 14.8 Å². The molecule has 11 nitrogen and oxygen atoms in total. The SMILES string of the molecule is Nc1nc(N)c2ncn(C[C@@H]3CO[C@H](C(O)(O)P=O)O3)c2n1. The molecule has 0 aliphatic carbocycles. The molecule has 6 N–H and O–H groups in total. The number of ether oxygens (including phenoxy) is 2. The lowest BCUT2D eigenvalue weighted by atomic mass is 10.4. The number of anilines is 2. The Balaban J connectivity index is 1.79. The Labute approximate surface area is 125 Å². The lowest BCUT2D eigenvalue weighted by Gasteiger charge is -2.19. The minimum absolute atomic E-state index is 0.0168. The fraction of sp³-hybridized carbons (Fsp3) is 0.500. The molecule has 3 heterocycles. The van der Waals surface area contributed by atoms with Gasteiger partial charge in [0.1, 0.15) is 11.6 Å². The summed E-state index contributed by atoms with van der Waals surface area (Å²) in [5, 5.41) is 18.8. The molecule has 0 unspecified atom stereocenters. The van der Waals surface area contributed by atoms with Gasteiger partial charge in [0.15, 0.2) is 11.5 Å². The van der Waals surface area contributed by atoms with Crippen molar-refractivity contribution in [2.45, 2.75) is 24.5 Å². The van der Waals surface area contributed by atoms with Gasteiger partial charge in [-0.1, -0.05) is 0 Å². The number of aliphatic hydroxyl groups is 2. The summed E-state index contributed by atoms with van der Waals surface area (Å²) in [7, 11) is -0.910. The van der Waals surface area contributed by atoms with Crippen LogP contribution < -0.4 is 11.5 Å². The van der Waals surface area contributed by atoms with Crippen LogP contribution in [0.15, 0.2) is 6.33 Å². The van der Waals surface area contributed by atoms with Gasteiger partial charge in [0.2, 0.25) is 20.7 Å². The van der Waals surface area contributed by atoms with Crippen LogP contribution in [0.1, 0.15) is 0 Å². The Hall–Kier alpha value is -1.91. The molecule has 1 saturated heterocycles. The second kappa shape index (κ2) is 5.38. The summed E-state index contributed by atoms with van der Waals surface area (Å²) < 4.78 is 22.7. The monoisotopic (exact) mass is 328 g/mol. The van der Waals surface area contributed by atoms with Crippen LogP contribution in [-0.2, 0) is 20.6 Å². The molecule has 1 aliphatic rings. The smallest absolute Gasteiger partial charge is 0.299 e. The molecule has 22 heavy (non-hydrogen) atoms. The van der Waals surface area contributed by atoms with E-state index in [2.05, 4.69) is 15.0 Å². The lowest BCUT2D eigenvalue weighted by Crippen LogP contribution is -2.37. The molecule has 2 aromatic rings. The summed E-state index contributed by atoms with van der Waals surface area (Å²) in [5.74, 6) is 0.181.